The minimum absolute atomic E-state index is 0.140. The number of ether oxygens (including phenoxy) is 1. The van der Waals surface area contributed by atoms with Gasteiger partial charge < -0.3 is 14.9 Å². The van der Waals surface area contributed by atoms with Crippen LogP contribution in [0.2, 0.25) is 0 Å². The summed E-state index contributed by atoms with van der Waals surface area (Å²) in [7, 11) is 1.47. The SMILES string of the molecule is COc1cccc(C2NN(c3ccc([N+](=O)[O-])cc3)C(=O)C2(O)O)c1. The molecule has 2 aromatic carbocycles. The number of hydrogen-bond donors (Lipinski definition) is 3. The van der Waals surface area contributed by atoms with Crippen LogP contribution in [0.15, 0.2) is 48.5 Å². The highest BCUT2D eigenvalue weighted by Crippen LogP contribution is 2.35. The van der Waals surface area contributed by atoms with Crippen molar-refractivity contribution in [1.82, 2.24) is 5.43 Å². The molecule has 2 aromatic rings. The molecule has 3 rings (SSSR count). The molecule has 1 aliphatic rings. The van der Waals surface area contributed by atoms with E-state index in [0.717, 1.165) is 5.01 Å². The number of benzene rings is 2. The number of nitro groups is 1. The van der Waals surface area contributed by atoms with Crippen molar-refractivity contribution in [2.24, 2.45) is 0 Å². The number of rotatable bonds is 4. The molecule has 0 saturated carbocycles. The predicted octanol–water partition coefficient (Wildman–Crippen LogP) is 0.877. The molecule has 3 N–H and O–H groups in total. The van der Waals surface area contributed by atoms with Gasteiger partial charge in [-0.25, -0.2) is 10.4 Å². The quantitative estimate of drug-likeness (QED) is 0.426. The molecular weight excluding hydrogens is 330 g/mol. The average Bonchev–Trinajstić information content (AvgIpc) is 2.85. The van der Waals surface area contributed by atoms with E-state index in [1.807, 2.05) is 0 Å². The Bertz CT molecular complexity index is 821. The zero-order valence-electron chi connectivity index (χ0n) is 13.1. The standard InChI is InChI=1S/C16H15N3O6/c1-25-13-4-2-3-10(9-13)14-16(21,22)15(20)18(17-14)11-5-7-12(8-6-11)19(23)24/h2-9,14,17,21-22H,1H3. The first-order chi connectivity index (χ1) is 11.8. The van der Waals surface area contributed by atoms with Crippen LogP contribution < -0.4 is 15.2 Å². The second kappa shape index (κ2) is 6.13. The third-order valence-electron chi connectivity index (χ3n) is 3.92. The largest absolute Gasteiger partial charge is 0.497 e. The molecule has 1 fully saturated rings. The van der Waals surface area contributed by atoms with Crippen molar-refractivity contribution in [2.45, 2.75) is 11.8 Å². The molecule has 1 aliphatic heterocycles. The summed E-state index contributed by atoms with van der Waals surface area (Å²) in [5, 5.41) is 32.2. The summed E-state index contributed by atoms with van der Waals surface area (Å²) >= 11 is 0. The van der Waals surface area contributed by atoms with Gasteiger partial charge in [-0.2, -0.15) is 0 Å². The number of nitrogens with one attached hydrogen (secondary N) is 1. The second-order valence-corrected chi connectivity index (χ2v) is 5.48. The minimum atomic E-state index is -2.69. The highest BCUT2D eigenvalue weighted by atomic mass is 16.6. The van der Waals surface area contributed by atoms with Crippen LogP contribution in [0.5, 0.6) is 5.75 Å². The van der Waals surface area contributed by atoms with Gasteiger partial charge in [0.05, 0.1) is 17.7 Å². The van der Waals surface area contributed by atoms with Crippen LogP contribution >= 0.6 is 0 Å². The summed E-state index contributed by atoms with van der Waals surface area (Å²) in [6, 6.07) is 10.5. The van der Waals surface area contributed by atoms with Crippen molar-refractivity contribution in [3.8, 4) is 5.75 Å². The first-order valence-electron chi connectivity index (χ1n) is 7.28. The number of nitrogens with zero attached hydrogens (tertiary/aromatic N) is 2. The lowest BCUT2D eigenvalue weighted by molar-refractivity contribution is -0.384. The minimum Gasteiger partial charge on any atom is -0.497 e. The third-order valence-corrected chi connectivity index (χ3v) is 3.92. The van der Waals surface area contributed by atoms with E-state index in [1.54, 1.807) is 24.3 Å². The van der Waals surface area contributed by atoms with Crippen LogP contribution in [-0.2, 0) is 4.79 Å². The number of methoxy groups -OCH3 is 1. The van der Waals surface area contributed by atoms with Crippen molar-refractivity contribution in [3.05, 3.63) is 64.2 Å². The summed E-state index contributed by atoms with van der Waals surface area (Å²) in [6.45, 7) is 0. The third kappa shape index (κ3) is 2.91. The lowest BCUT2D eigenvalue weighted by Gasteiger charge is -2.20. The van der Waals surface area contributed by atoms with E-state index in [4.69, 9.17) is 4.74 Å². The first kappa shape index (κ1) is 16.8. The number of aliphatic hydroxyl groups is 2. The fraction of sp³-hybridized carbons (Fsp3) is 0.188. The molecule has 130 valence electrons. The molecule has 0 aromatic heterocycles. The Morgan fingerprint density at radius 1 is 1.24 bits per heavy atom. The van der Waals surface area contributed by atoms with Crippen molar-refractivity contribution >= 4 is 17.3 Å². The number of nitro benzene ring substituents is 1. The summed E-state index contributed by atoms with van der Waals surface area (Å²) < 4.78 is 5.10. The average molecular weight is 345 g/mol. The summed E-state index contributed by atoms with van der Waals surface area (Å²) in [4.78, 5) is 22.5. The molecule has 25 heavy (non-hydrogen) atoms. The molecule has 0 radical (unpaired) electrons. The molecule has 0 aliphatic carbocycles. The maximum atomic E-state index is 12.4. The number of anilines is 1. The molecule has 0 spiro atoms. The number of non-ortho nitro benzene ring substituents is 1. The normalized spacial score (nSPS) is 19.1. The molecule has 9 heteroatoms. The van der Waals surface area contributed by atoms with Crippen molar-refractivity contribution in [2.75, 3.05) is 12.1 Å². The predicted molar refractivity (Wildman–Crippen MR) is 86.6 cm³/mol. The van der Waals surface area contributed by atoms with Crippen molar-refractivity contribution in [1.29, 1.82) is 0 Å². The molecular formula is C16H15N3O6. The number of carbonyl (C=O) groups excluding carboxylic acids is 1. The molecule has 0 bridgehead atoms. The number of hydrazine groups is 1. The Morgan fingerprint density at radius 2 is 1.92 bits per heavy atom. The Kier molecular flexibility index (Phi) is 4.13. The van der Waals surface area contributed by atoms with Crippen LogP contribution in [-0.4, -0.2) is 33.9 Å². The van der Waals surface area contributed by atoms with E-state index in [9.17, 15) is 25.1 Å². The van der Waals surface area contributed by atoms with Crippen LogP contribution in [0.3, 0.4) is 0 Å². The molecule has 1 saturated heterocycles. The maximum absolute atomic E-state index is 12.4. The van der Waals surface area contributed by atoms with Gasteiger partial charge in [-0.05, 0) is 29.8 Å². The smallest absolute Gasteiger partial charge is 0.303 e. The molecule has 9 nitrogen and oxygen atoms in total. The number of amides is 1. The Hall–Kier alpha value is -3.01. The van der Waals surface area contributed by atoms with Gasteiger partial charge in [0.2, 0.25) is 0 Å². The van der Waals surface area contributed by atoms with E-state index in [0.29, 0.717) is 11.3 Å². The van der Waals surface area contributed by atoms with Crippen LogP contribution in [0.25, 0.3) is 0 Å². The van der Waals surface area contributed by atoms with Crippen molar-refractivity contribution < 1.29 is 24.7 Å². The molecule has 1 unspecified atom stereocenters. The fourth-order valence-electron chi connectivity index (χ4n) is 2.61. The lowest BCUT2D eigenvalue weighted by Crippen LogP contribution is -2.42. The summed E-state index contributed by atoms with van der Waals surface area (Å²) in [5.41, 5.74) is 3.26. The van der Waals surface area contributed by atoms with Gasteiger partial charge in [0, 0.05) is 12.1 Å². The fourth-order valence-corrected chi connectivity index (χ4v) is 2.61. The van der Waals surface area contributed by atoms with Crippen LogP contribution in [0.4, 0.5) is 11.4 Å². The van der Waals surface area contributed by atoms with E-state index in [1.165, 1.54) is 31.4 Å². The Labute approximate surface area is 142 Å². The van der Waals surface area contributed by atoms with Gasteiger partial charge >= 0.3 is 5.91 Å². The van der Waals surface area contributed by atoms with Gasteiger partial charge in [0.1, 0.15) is 11.8 Å². The highest BCUT2D eigenvalue weighted by molar-refractivity contribution is 6.00. The van der Waals surface area contributed by atoms with Crippen molar-refractivity contribution in [3.63, 3.8) is 0 Å². The van der Waals surface area contributed by atoms with Gasteiger partial charge in [0.25, 0.3) is 11.5 Å². The molecule has 1 atom stereocenters. The zero-order valence-corrected chi connectivity index (χ0v) is 13.1. The topological polar surface area (TPSA) is 125 Å². The number of carbonyl (C=O) groups is 1. The monoisotopic (exact) mass is 345 g/mol. The second-order valence-electron chi connectivity index (χ2n) is 5.48. The van der Waals surface area contributed by atoms with Crippen LogP contribution in [0, 0.1) is 10.1 Å². The number of hydrogen-bond acceptors (Lipinski definition) is 7. The van der Waals surface area contributed by atoms with Gasteiger partial charge in [-0.3, -0.25) is 14.9 Å². The summed E-state index contributed by atoms with van der Waals surface area (Å²) in [5.74, 6) is -3.18. The van der Waals surface area contributed by atoms with Crippen LogP contribution in [0.1, 0.15) is 11.6 Å². The van der Waals surface area contributed by atoms with Gasteiger partial charge in [-0.1, -0.05) is 12.1 Å². The maximum Gasteiger partial charge on any atom is 0.303 e. The zero-order chi connectivity index (χ0) is 18.2. The van der Waals surface area contributed by atoms with E-state index >= 15 is 0 Å². The highest BCUT2D eigenvalue weighted by Gasteiger charge is 2.53. The van der Waals surface area contributed by atoms with E-state index in [2.05, 4.69) is 5.43 Å². The Morgan fingerprint density at radius 3 is 2.52 bits per heavy atom. The summed E-state index contributed by atoms with van der Waals surface area (Å²) in [6.07, 6.45) is 0. The van der Waals surface area contributed by atoms with E-state index < -0.39 is 22.7 Å². The van der Waals surface area contributed by atoms with E-state index in [-0.39, 0.29) is 11.4 Å². The van der Waals surface area contributed by atoms with Gasteiger partial charge in [-0.15, -0.1) is 0 Å². The van der Waals surface area contributed by atoms with Gasteiger partial charge in [0.15, 0.2) is 0 Å². The lowest BCUT2D eigenvalue weighted by atomic mass is 10.00. The first-order valence-corrected chi connectivity index (χ1v) is 7.28. The molecule has 1 amide bonds. The molecule has 1 heterocycles. The Balaban J connectivity index is 1.93.